The Hall–Kier alpha value is -2.98. The van der Waals surface area contributed by atoms with Crippen molar-refractivity contribution in [1.29, 1.82) is 0 Å². The maximum absolute atomic E-state index is 13.2. The lowest BCUT2D eigenvalue weighted by atomic mass is 9.82. The molecule has 0 bridgehead atoms. The van der Waals surface area contributed by atoms with Crippen molar-refractivity contribution in [2.45, 2.75) is 65.9 Å². The largest absolute Gasteiger partial charge is 0.427 e. The number of carbonyl (C=O) groups excluding carboxylic acids is 4. The van der Waals surface area contributed by atoms with Crippen LogP contribution in [0.15, 0.2) is 30.0 Å². The van der Waals surface area contributed by atoms with E-state index < -0.39 is 44.3 Å². The van der Waals surface area contributed by atoms with Crippen molar-refractivity contribution in [2.75, 3.05) is 6.79 Å². The highest BCUT2D eigenvalue weighted by Gasteiger charge is 2.57. The standard InChI is InChI=1S/C25H34N2O7Si/c1-14(34-35(5,6)7)19-18-12-17(15-9-8-10-16(11-15)21(26)28)20(27(18)22(19)29)23(30)32-13-33-24(31)25(2,3)4/h8-11,14,18-19H,12-13H2,1-7H3,(H2,26,28). The maximum Gasteiger partial charge on any atom is 0.358 e. The average Bonchev–Trinajstić information content (AvgIpc) is 3.06. The molecule has 3 atom stereocenters. The third-order valence-electron chi connectivity index (χ3n) is 5.94. The number of fused-ring (bicyclic) bond motifs is 1. The number of carbonyl (C=O) groups is 4. The second-order valence-corrected chi connectivity index (χ2v) is 15.4. The van der Waals surface area contributed by atoms with Crippen molar-refractivity contribution >= 4 is 37.6 Å². The zero-order valence-electron chi connectivity index (χ0n) is 21.3. The molecule has 2 N–H and O–H groups in total. The van der Waals surface area contributed by atoms with E-state index in [9.17, 15) is 19.2 Å². The third kappa shape index (κ3) is 5.65. The lowest BCUT2D eigenvalue weighted by molar-refractivity contribution is -0.175. The van der Waals surface area contributed by atoms with Crippen LogP contribution in [-0.2, 0) is 28.3 Å². The molecule has 0 radical (unpaired) electrons. The van der Waals surface area contributed by atoms with E-state index in [1.54, 1.807) is 45.0 Å². The molecular weight excluding hydrogens is 468 g/mol. The van der Waals surface area contributed by atoms with Gasteiger partial charge < -0.3 is 24.5 Å². The van der Waals surface area contributed by atoms with Crippen LogP contribution in [0.1, 0.15) is 50.0 Å². The molecule has 2 aliphatic heterocycles. The zero-order chi connectivity index (χ0) is 26.3. The predicted molar refractivity (Wildman–Crippen MR) is 131 cm³/mol. The number of ether oxygens (including phenoxy) is 2. The molecule has 10 heteroatoms. The van der Waals surface area contributed by atoms with Gasteiger partial charge in [-0.25, -0.2) is 4.79 Å². The molecule has 35 heavy (non-hydrogen) atoms. The summed E-state index contributed by atoms with van der Waals surface area (Å²) in [4.78, 5) is 51.5. The molecule has 3 rings (SSSR count). The molecule has 0 saturated carbocycles. The second-order valence-electron chi connectivity index (χ2n) is 10.9. The minimum Gasteiger partial charge on any atom is -0.427 e. The van der Waals surface area contributed by atoms with Gasteiger partial charge in [0.05, 0.1) is 23.5 Å². The molecule has 1 saturated heterocycles. The van der Waals surface area contributed by atoms with Crippen LogP contribution in [0, 0.1) is 11.3 Å². The topological polar surface area (TPSA) is 125 Å². The Morgan fingerprint density at radius 3 is 2.40 bits per heavy atom. The molecule has 1 fully saturated rings. The van der Waals surface area contributed by atoms with Gasteiger partial charge in [0.15, 0.2) is 8.32 Å². The van der Waals surface area contributed by atoms with Crippen LogP contribution in [0.4, 0.5) is 0 Å². The fraction of sp³-hybridized carbons (Fsp3) is 0.520. The van der Waals surface area contributed by atoms with Crippen molar-refractivity contribution in [1.82, 2.24) is 4.90 Å². The Labute approximate surface area is 206 Å². The van der Waals surface area contributed by atoms with Crippen LogP contribution in [-0.4, -0.2) is 55.9 Å². The van der Waals surface area contributed by atoms with E-state index in [1.165, 1.54) is 4.90 Å². The Balaban J connectivity index is 1.90. The number of nitrogens with two attached hydrogens (primary N) is 1. The normalized spacial score (nSPS) is 20.8. The molecular formula is C25H34N2O7Si. The van der Waals surface area contributed by atoms with Crippen molar-refractivity contribution in [3.8, 4) is 0 Å². The molecule has 2 heterocycles. The van der Waals surface area contributed by atoms with Gasteiger partial charge in [-0.1, -0.05) is 12.1 Å². The lowest BCUT2D eigenvalue weighted by Gasteiger charge is -2.47. The van der Waals surface area contributed by atoms with Crippen LogP contribution in [0.3, 0.4) is 0 Å². The van der Waals surface area contributed by atoms with E-state index in [2.05, 4.69) is 19.6 Å². The highest BCUT2D eigenvalue weighted by molar-refractivity contribution is 6.69. The number of rotatable bonds is 8. The first-order valence-electron chi connectivity index (χ1n) is 11.6. The first kappa shape index (κ1) is 26.6. The highest BCUT2D eigenvalue weighted by Crippen LogP contribution is 2.48. The van der Waals surface area contributed by atoms with Crippen molar-refractivity contribution in [3.63, 3.8) is 0 Å². The number of primary amides is 1. The average molecular weight is 503 g/mol. The summed E-state index contributed by atoms with van der Waals surface area (Å²) in [5.41, 5.74) is 6.23. The molecule has 1 aromatic rings. The zero-order valence-corrected chi connectivity index (χ0v) is 22.3. The number of amides is 2. The van der Waals surface area contributed by atoms with E-state index in [-0.39, 0.29) is 29.3 Å². The molecule has 9 nitrogen and oxygen atoms in total. The molecule has 2 amide bonds. The van der Waals surface area contributed by atoms with Gasteiger partial charge in [0.1, 0.15) is 5.70 Å². The summed E-state index contributed by atoms with van der Waals surface area (Å²) in [7, 11) is -1.90. The number of esters is 2. The quantitative estimate of drug-likeness (QED) is 0.251. The Bertz CT molecular complexity index is 1080. The molecule has 1 aromatic carbocycles. The van der Waals surface area contributed by atoms with Gasteiger partial charge in [0, 0.05) is 5.56 Å². The van der Waals surface area contributed by atoms with Crippen LogP contribution >= 0.6 is 0 Å². The Kier molecular flexibility index (Phi) is 7.28. The predicted octanol–water partition coefficient (Wildman–Crippen LogP) is 3.06. The van der Waals surface area contributed by atoms with E-state index in [0.717, 1.165) is 0 Å². The van der Waals surface area contributed by atoms with Gasteiger partial charge in [-0.2, -0.15) is 0 Å². The minimum atomic E-state index is -1.90. The van der Waals surface area contributed by atoms with Gasteiger partial charge in [-0.3, -0.25) is 14.4 Å². The van der Waals surface area contributed by atoms with Gasteiger partial charge >= 0.3 is 11.9 Å². The monoisotopic (exact) mass is 502 g/mol. The van der Waals surface area contributed by atoms with Crippen molar-refractivity contribution < 1.29 is 33.1 Å². The smallest absolute Gasteiger partial charge is 0.358 e. The van der Waals surface area contributed by atoms with Crippen molar-refractivity contribution in [2.24, 2.45) is 17.1 Å². The fourth-order valence-corrected chi connectivity index (χ4v) is 5.68. The summed E-state index contributed by atoms with van der Waals surface area (Å²) in [6.45, 7) is 12.5. The molecule has 0 aromatic heterocycles. The van der Waals surface area contributed by atoms with E-state index >= 15 is 0 Å². The summed E-state index contributed by atoms with van der Waals surface area (Å²) in [6.07, 6.45) is 0.0845. The molecule has 0 aliphatic carbocycles. The number of β-lactam (4-membered cyclic amide) rings is 1. The fourth-order valence-electron chi connectivity index (χ4n) is 4.41. The van der Waals surface area contributed by atoms with Crippen LogP contribution in [0.2, 0.25) is 19.6 Å². The number of nitrogens with zero attached hydrogens (tertiary/aromatic N) is 1. The number of benzene rings is 1. The molecule has 3 unspecified atom stereocenters. The number of hydrogen-bond acceptors (Lipinski definition) is 7. The Morgan fingerprint density at radius 2 is 1.83 bits per heavy atom. The second kappa shape index (κ2) is 9.58. The molecule has 2 aliphatic rings. The molecule has 0 spiro atoms. The first-order valence-corrected chi connectivity index (χ1v) is 15.0. The van der Waals surface area contributed by atoms with Gasteiger partial charge in [0.25, 0.3) is 0 Å². The number of hydrogen-bond donors (Lipinski definition) is 1. The SMILES string of the molecule is CC(O[Si](C)(C)C)C1C(=O)N2C(C(=O)OCOC(=O)C(C)(C)C)=C(c3cccc(C(N)=O)c3)CC12. The lowest BCUT2D eigenvalue weighted by Crippen LogP contribution is -2.63. The Morgan fingerprint density at radius 1 is 1.17 bits per heavy atom. The van der Waals surface area contributed by atoms with Crippen LogP contribution in [0.25, 0.3) is 5.57 Å². The summed E-state index contributed by atoms with van der Waals surface area (Å²) < 4.78 is 16.5. The summed E-state index contributed by atoms with van der Waals surface area (Å²) in [5, 5.41) is 0. The third-order valence-corrected chi connectivity index (χ3v) is 7.01. The summed E-state index contributed by atoms with van der Waals surface area (Å²) in [6, 6.07) is 6.32. The van der Waals surface area contributed by atoms with E-state index in [0.29, 0.717) is 17.6 Å². The van der Waals surface area contributed by atoms with Crippen LogP contribution in [0.5, 0.6) is 0 Å². The first-order chi connectivity index (χ1) is 16.1. The maximum atomic E-state index is 13.2. The summed E-state index contributed by atoms with van der Waals surface area (Å²) in [5.74, 6) is -2.52. The minimum absolute atomic E-state index is 0.0879. The van der Waals surface area contributed by atoms with E-state index in [4.69, 9.17) is 19.6 Å². The van der Waals surface area contributed by atoms with Gasteiger partial charge in [0.2, 0.25) is 18.6 Å². The summed E-state index contributed by atoms with van der Waals surface area (Å²) >= 11 is 0. The van der Waals surface area contributed by atoms with E-state index in [1.807, 2.05) is 6.92 Å². The van der Waals surface area contributed by atoms with Gasteiger partial charge in [-0.05, 0) is 77.0 Å². The van der Waals surface area contributed by atoms with Crippen molar-refractivity contribution in [3.05, 3.63) is 41.1 Å². The molecule has 190 valence electrons. The van der Waals surface area contributed by atoms with Crippen LogP contribution < -0.4 is 5.73 Å². The van der Waals surface area contributed by atoms with Gasteiger partial charge in [-0.15, -0.1) is 0 Å². The highest BCUT2D eigenvalue weighted by atomic mass is 28.4.